The van der Waals surface area contributed by atoms with E-state index in [9.17, 15) is 0 Å². The zero-order valence-electron chi connectivity index (χ0n) is 13.1. The average molecular weight is 514 g/mol. The van der Waals surface area contributed by atoms with Gasteiger partial charge in [-0.3, -0.25) is 0 Å². The summed E-state index contributed by atoms with van der Waals surface area (Å²) < 4.78 is 0. The Labute approximate surface area is 147 Å². The summed E-state index contributed by atoms with van der Waals surface area (Å²) in [5, 5.41) is 8.36. The Balaban J connectivity index is 0.000000322. The number of hydrogen-bond donors (Lipinski definition) is 0. The topological polar surface area (TPSA) is 28.2 Å². The van der Waals surface area contributed by atoms with Crippen molar-refractivity contribution in [3.63, 3.8) is 0 Å². The summed E-state index contributed by atoms with van der Waals surface area (Å²) in [6.45, 7) is 7.60. The van der Waals surface area contributed by atoms with Crippen LogP contribution in [-0.2, 0) is 16.5 Å². The van der Waals surface area contributed by atoms with E-state index < -0.39 is 16.5 Å². The summed E-state index contributed by atoms with van der Waals surface area (Å²) in [4.78, 5) is 0. The maximum atomic E-state index is 4.88. The molecule has 0 radical (unpaired) electrons. The monoisotopic (exact) mass is 513 g/mol. The van der Waals surface area contributed by atoms with Crippen LogP contribution in [0, 0.1) is 5.92 Å². The molecule has 0 spiro atoms. The first-order chi connectivity index (χ1) is 10.3. The third-order valence-corrected chi connectivity index (χ3v) is 3.48. The molecule has 0 aromatic heterocycles. The van der Waals surface area contributed by atoms with Crippen LogP contribution >= 0.6 is 18.8 Å². The van der Waals surface area contributed by atoms with E-state index in [1.54, 1.807) is 0 Å². The Hall–Kier alpha value is 0.508. The van der Waals surface area contributed by atoms with E-state index >= 15 is 0 Å². The summed E-state index contributed by atoms with van der Waals surface area (Å²) in [5.41, 5.74) is 1.44. The Kier molecular flexibility index (Phi) is 17.3. The Morgan fingerprint density at radius 3 is 2.33 bits per heavy atom. The molecule has 0 N–H and O–H groups in total. The van der Waals surface area contributed by atoms with Crippen molar-refractivity contribution in [3.05, 3.63) is 34.6 Å². The molecular formula is C16H28Cl2N2Pt. The van der Waals surface area contributed by atoms with Gasteiger partial charge in [0.2, 0.25) is 0 Å². The van der Waals surface area contributed by atoms with Crippen LogP contribution in [0.3, 0.4) is 0 Å². The van der Waals surface area contributed by atoms with Crippen LogP contribution in [0.15, 0.2) is 23.9 Å². The Morgan fingerprint density at radius 2 is 1.86 bits per heavy atom. The van der Waals surface area contributed by atoms with Gasteiger partial charge in [0.15, 0.2) is 0 Å². The predicted octanol–water partition coefficient (Wildman–Crippen LogP) is 6.56. The molecular weight excluding hydrogens is 486 g/mol. The van der Waals surface area contributed by atoms with Gasteiger partial charge < -0.3 is 10.6 Å². The van der Waals surface area contributed by atoms with E-state index in [1.165, 1.54) is 44.1 Å². The molecule has 1 fully saturated rings. The molecule has 0 aromatic rings. The number of halogens is 2. The van der Waals surface area contributed by atoms with Crippen molar-refractivity contribution in [3.8, 4) is 0 Å². The van der Waals surface area contributed by atoms with Crippen LogP contribution in [0.2, 0.25) is 0 Å². The van der Waals surface area contributed by atoms with Crippen LogP contribution in [-0.4, -0.2) is 19.6 Å². The molecule has 0 unspecified atom stereocenters. The maximum absolute atomic E-state index is 4.88. The first-order valence-electron chi connectivity index (χ1n) is 7.76. The Bertz CT molecular complexity index is 275. The van der Waals surface area contributed by atoms with Crippen molar-refractivity contribution in [1.82, 2.24) is 0 Å². The third-order valence-electron chi connectivity index (χ3n) is 3.48. The first kappa shape index (κ1) is 21.5. The van der Waals surface area contributed by atoms with Crippen molar-refractivity contribution >= 4 is 18.8 Å². The molecule has 0 bridgehead atoms. The van der Waals surface area contributed by atoms with E-state index in [0.717, 1.165) is 25.6 Å². The molecule has 126 valence electrons. The summed E-state index contributed by atoms with van der Waals surface area (Å²) in [6.07, 6.45) is 14.1. The van der Waals surface area contributed by atoms with Crippen molar-refractivity contribution in [2.75, 3.05) is 19.6 Å². The fraction of sp³-hybridized carbons (Fsp3) is 0.750. The van der Waals surface area contributed by atoms with E-state index in [4.69, 9.17) is 18.8 Å². The third kappa shape index (κ3) is 13.9. The van der Waals surface area contributed by atoms with Crippen molar-refractivity contribution in [1.29, 1.82) is 0 Å². The van der Waals surface area contributed by atoms with Gasteiger partial charge in [-0.05, 0) is 12.3 Å². The van der Waals surface area contributed by atoms with Crippen LogP contribution in [0.25, 0.3) is 10.6 Å². The number of rotatable bonds is 4. The fourth-order valence-corrected chi connectivity index (χ4v) is 2.42. The summed E-state index contributed by atoms with van der Waals surface area (Å²) >= 11 is -0.472. The normalized spacial score (nSPS) is 17.8. The average Bonchev–Trinajstić information content (AvgIpc) is 2.52. The van der Waals surface area contributed by atoms with Gasteiger partial charge in [-0.1, -0.05) is 63.7 Å². The molecule has 0 saturated carbocycles. The van der Waals surface area contributed by atoms with Gasteiger partial charge in [-0.2, -0.15) is 6.20 Å². The predicted molar refractivity (Wildman–Crippen MR) is 92.8 cm³/mol. The second-order valence-corrected chi connectivity index (χ2v) is 8.44. The molecule has 2 nitrogen and oxygen atoms in total. The molecule has 0 aliphatic carbocycles. The van der Waals surface area contributed by atoms with E-state index in [2.05, 4.69) is 36.6 Å². The zero-order valence-corrected chi connectivity index (χ0v) is 16.9. The van der Waals surface area contributed by atoms with Crippen molar-refractivity contribution < 1.29 is 16.5 Å². The molecule has 0 amide bonds. The van der Waals surface area contributed by atoms with Crippen LogP contribution < -0.4 is 0 Å². The van der Waals surface area contributed by atoms with Crippen molar-refractivity contribution in [2.45, 2.75) is 52.4 Å². The molecule has 0 atom stereocenters. The summed E-state index contributed by atoms with van der Waals surface area (Å²) in [5.74, 6) is 1.01. The minimum atomic E-state index is -0.472. The number of piperidine rings is 1. The summed E-state index contributed by atoms with van der Waals surface area (Å²) in [7, 11) is 9.75. The van der Waals surface area contributed by atoms with Gasteiger partial charge in [0.25, 0.3) is 0 Å². The molecule has 2 aliphatic heterocycles. The first-order valence-corrected chi connectivity index (χ1v) is 13.4. The van der Waals surface area contributed by atoms with E-state index in [0.29, 0.717) is 0 Å². The fourth-order valence-electron chi connectivity index (χ4n) is 2.42. The standard InChI is InChI=1S/C8H16N.C8H12N.2ClH.Pt/c2*1-2-3-8-4-6-9-7-5-8;;;/h8H,2-7H2,1H3;4-6H,2-3,7H2,1H3;2*1H;/q2*-1;;;+4/p-2. The molecule has 0 aromatic carbocycles. The molecule has 21 heavy (non-hydrogen) atoms. The van der Waals surface area contributed by atoms with Gasteiger partial charge in [0.1, 0.15) is 0 Å². The van der Waals surface area contributed by atoms with Crippen LogP contribution in [0.1, 0.15) is 52.4 Å². The SMILES string of the molecule is CCCC1=CC[N-]C=C1.CCCC1CC[N-]CC1.[Cl][Pt+2][Cl]. The Morgan fingerprint density at radius 1 is 1.19 bits per heavy atom. The molecule has 1 saturated heterocycles. The van der Waals surface area contributed by atoms with Gasteiger partial charge in [0, 0.05) is 0 Å². The van der Waals surface area contributed by atoms with Gasteiger partial charge in [-0.25, -0.2) is 0 Å². The molecule has 5 heteroatoms. The van der Waals surface area contributed by atoms with Crippen molar-refractivity contribution in [2.24, 2.45) is 5.92 Å². The number of hydrogen-bond acceptors (Lipinski definition) is 0. The van der Waals surface area contributed by atoms with Gasteiger partial charge in [-0.15, -0.1) is 19.6 Å². The summed E-state index contributed by atoms with van der Waals surface area (Å²) in [6, 6.07) is 0. The number of allylic oxidation sites excluding steroid dienone is 2. The second kappa shape index (κ2) is 16.9. The van der Waals surface area contributed by atoms with Crippen LogP contribution in [0.4, 0.5) is 0 Å². The van der Waals surface area contributed by atoms with Gasteiger partial charge in [0.05, 0.1) is 0 Å². The molecule has 2 aliphatic rings. The quantitative estimate of drug-likeness (QED) is 0.407. The van der Waals surface area contributed by atoms with Gasteiger partial charge >= 0.3 is 35.3 Å². The van der Waals surface area contributed by atoms with E-state index in [1.807, 2.05) is 6.20 Å². The molecule has 2 heterocycles. The molecule has 2 rings (SSSR count). The second-order valence-electron chi connectivity index (χ2n) is 5.16. The number of nitrogens with zero attached hydrogens (tertiary/aromatic N) is 2. The zero-order chi connectivity index (χ0) is 15.8. The minimum absolute atomic E-state index is 0.472. The van der Waals surface area contributed by atoms with E-state index in [-0.39, 0.29) is 0 Å². The van der Waals surface area contributed by atoms with Crippen LogP contribution in [0.5, 0.6) is 0 Å².